The van der Waals surface area contributed by atoms with Gasteiger partial charge in [-0.2, -0.15) is 0 Å². The Morgan fingerprint density at radius 2 is 1.21 bits per heavy atom. The Morgan fingerprint density at radius 1 is 0.828 bits per heavy atom. The fraction of sp³-hybridized carbons (Fsp3) is 0.955. The van der Waals surface area contributed by atoms with Crippen LogP contribution in [0.5, 0.6) is 0 Å². The maximum Gasteiger partial charge on any atom is 0.317 e. The van der Waals surface area contributed by atoms with Crippen LogP contribution in [-0.2, 0) is 4.79 Å². The second kappa shape index (κ2) is 14.3. The molecule has 0 aromatic rings. The highest BCUT2D eigenvalue weighted by molar-refractivity contribution is 5.69. The quantitative estimate of drug-likeness (QED) is 0.216. The number of aliphatic carboxylic acids is 1. The summed E-state index contributed by atoms with van der Waals surface area (Å²) < 4.78 is 0. The van der Waals surface area contributed by atoms with E-state index in [1.807, 2.05) is 0 Å². The molecular weight excluding hydrogens is 366 g/mol. The number of carboxylic acid groups (broad SMARTS) is 1. The highest BCUT2D eigenvalue weighted by Gasteiger charge is 2.32. The summed E-state index contributed by atoms with van der Waals surface area (Å²) >= 11 is 0. The van der Waals surface area contributed by atoms with Gasteiger partial charge in [-0.1, -0.05) is 79.1 Å². The second-order valence-electron chi connectivity index (χ2n) is 9.25. The van der Waals surface area contributed by atoms with Gasteiger partial charge in [-0.15, -0.1) is 0 Å². The van der Waals surface area contributed by atoms with E-state index in [1.54, 1.807) is 4.90 Å². The molecule has 2 unspecified atom stereocenters. The van der Waals surface area contributed by atoms with Crippen molar-refractivity contribution < 1.29 is 9.90 Å². The number of unbranched alkanes of at least 4 members (excludes halogenated alkanes) is 2. The van der Waals surface area contributed by atoms with Crippen LogP contribution in [0.4, 0.5) is 0 Å². The molecule has 0 aromatic carbocycles. The summed E-state index contributed by atoms with van der Waals surface area (Å²) in [7, 11) is 0. The van der Waals surface area contributed by atoms with Crippen LogP contribution in [0, 0.1) is 11.8 Å². The molecule has 9 N–H and O–H groups in total. The maximum absolute atomic E-state index is 11.4. The molecule has 0 bridgehead atoms. The van der Waals surface area contributed by atoms with E-state index in [4.69, 9.17) is 22.9 Å². The van der Waals surface area contributed by atoms with Gasteiger partial charge in [-0.3, -0.25) is 9.69 Å². The number of hydrogen-bond acceptors (Lipinski definition) is 6. The predicted molar refractivity (Wildman–Crippen MR) is 122 cm³/mol. The van der Waals surface area contributed by atoms with Gasteiger partial charge in [0.1, 0.15) is 0 Å². The van der Waals surface area contributed by atoms with Gasteiger partial charge in [0.2, 0.25) is 0 Å². The molecule has 0 spiro atoms. The first-order chi connectivity index (χ1) is 13.5. The predicted octanol–water partition coefficient (Wildman–Crippen LogP) is 2.81. The molecule has 174 valence electrons. The summed E-state index contributed by atoms with van der Waals surface area (Å²) in [5.74, 6) is -0.0426. The summed E-state index contributed by atoms with van der Waals surface area (Å²) in [6.07, 6.45) is 10.1. The van der Waals surface area contributed by atoms with E-state index in [0.29, 0.717) is 24.7 Å². The van der Waals surface area contributed by atoms with Crippen molar-refractivity contribution in [3.05, 3.63) is 0 Å². The van der Waals surface area contributed by atoms with Crippen molar-refractivity contribution >= 4 is 5.97 Å². The first-order valence-corrected chi connectivity index (χ1v) is 11.6. The van der Waals surface area contributed by atoms with Crippen molar-refractivity contribution in [2.45, 2.75) is 103 Å². The SMILES string of the molecule is CCCCC(CC)CC(N)(N)CN(CC(=O)O)CC(N)(N)CC(CC)CCCC. The Labute approximate surface area is 178 Å². The van der Waals surface area contributed by atoms with Gasteiger partial charge in [0, 0.05) is 13.1 Å². The van der Waals surface area contributed by atoms with Crippen molar-refractivity contribution in [1.82, 2.24) is 4.90 Å². The first kappa shape index (κ1) is 28.3. The number of hydrogen-bond donors (Lipinski definition) is 5. The second-order valence-corrected chi connectivity index (χ2v) is 9.25. The molecule has 0 fully saturated rings. The average molecular weight is 416 g/mol. The van der Waals surface area contributed by atoms with Crippen LogP contribution >= 0.6 is 0 Å². The molecule has 0 aliphatic rings. The fourth-order valence-corrected chi connectivity index (χ4v) is 4.28. The largest absolute Gasteiger partial charge is 0.480 e. The third-order valence-corrected chi connectivity index (χ3v) is 5.82. The summed E-state index contributed by atoms with van der Waals surface area (Å²) in [4.78, 5) is 13.1. The lowest BCUT2D eigenvalue weighted by atomic mass is 9.87. The summed E-state index contributed by atoms with van der Waals surface area (Å²) in [6, 6.07) is 0. The number of carbonyl (C=O) groups is 1. The Morgan fingerprint density at radius 3 is 1.48 bits per heavy atom. The van der Waals surface area contributed by atoms with Gasteiger partial charge in [0.25, 0.3) is 0 Å². The smallest absolute Gasteiger partial charge is 0.317 e. The van der Waals surface area contributed by atoms with Gasteiger partial charge in [0.15, 0.2) is 0 Å². The van der Waals surface area contributed by atoms with Crippen molar-refractivity contribution in [2.24, 2.45) is 34.8 Å². The number of nitrogens with two attached hydrogens (primary N) is 4. The van der Waals surface area contributed by atoms with Gasteiger partial charge < -0.3 is 28.0 Å². The van der Waals surface area contributed by atoms with E-state index in [9.17, 15) is 9.90 Å². The molecule has 0 saturated carbocycles. The van der Waals surface area contributed by atoms with Crippen LogP contribution in [0.2, 0.25) is 0 Å². The monoisotopic (exact) mass is 415 g/mol. The van der Waals surface area contributed by atoms with Gasteiger partial charge in [-0.05, 0) is 24.7 Å². The Hall–Kier alpha value is -0.730. The lowest BCUT2D eigenvalue weighted by molar-refractivity contribution is -0.138. The highest BCUT2D eigenvalue weighted by Crippen LogP contribution is 2.23. The van der Waals surface area contributed by atoms with Crippen LogP contribution in [0.1, 0.15) is 91.9 Å². The van der Waals surface area contributed by atoms with Crippen LogP contribution in [0.15, 0.2) is 0 Å². The van der Waals surface area contributed by atoms with Crippen molar-refractivity contribution in [1.29, 1.82) is 0 Å². The molecule has 0 radical (unpaired) electrons. The van der Waals surface area contributed by atoms with Crippen LogP contribution < -0.4 is 22.9 Å². The lowest BCUT2D eigenvalue weighted by Gasteiger charge is -2.38. The molecule has 2 atom stereocenters. The minimum atomic E-state index is -0.966. The molecule has 0 heterocycles. The lowest BCUT2D eigenvalue weighted by Crippen LogP contribution is -2.64. The molecule has 7 nitrogen and oxygen atoms in total. The molecule has 7 heteroatoms. The van der Waals surface area contributed by atoms with E-state index in [2.05, 4.69) is 27.7 Å². The Balaban J connectivity index is 5.06. The summed E-state index contributed by atoms with van der Waals surface area (Å²) in [5.41, 5.74) is 23.7. The van der Waals surface area contributed by atoms with Gasteiger partial charge >= 0.3 is 5.97 Å². The average Bonchev–Trinajstić information content (AvgIpc) is 2.60. The zero-order valence-electron chi connectivity index (χ0n) is 19.5. The van der Waals surface area contributed by atoms with Crippen LogP contribution in [0.3, 0.4) is 0 Å². The summed E-state index contributed by atoms with van der Waals surface area (Å²) in [5, 5.41) is 9.36. The van der Waals surface area contributed by atoms with E-state index < -0.39 is 17.3 Å². The highest BCUT2D eigenvalue weighted by atomic mass is 16.4. The van der Waals surface area contributed by atoms with Crippen LogP contribution in [0.25, 0.3) is 0 Å². The fourth-order valence-electron chi connectivity index (χ4n) is 4.28. The molecule has 0 saturated heterocycles. The zero-order chi connectivity index (χ0) is 22.5. The zero-order valence-corrected chi connectivity index (χ0v) is 19.5. The van der Waals surface area contributed by atoms with Gasteiger partial charge in [0.05, 0.1) is 17.9 Å². The Kier molecular flexibility index (Phi) is 13.9. The molecule has 0 rings (SSSR count). The van der Waals surface area contributed by atoms with E-state index in [0.717, 1.165) is 51.4 Å². The minimum Gasteiger partial charge on any atom is -0.480 e. The van der Waals surface area contributed by atoms with Crippen molar-refractivity contribution in [2.75, 3.05) is 19.6 Å². The summed E-state index contributed by atoms with van der Waals surface area (Å²) in [6.45, 7) is 9.02. The molecular formula is C22H49N5O2. The maximum atomic E-state index is 11.4. The number of rotatable bonds is 18. The molecule has 0 amide bonds. The van der Waals surface area contributed by atoms with Gasteiger partial charge in [-0.25, -0.2) is 0 Å². The first-order valence-electron chi connectivity index (χ1n) is 11.6. The van der Waals surface area contributed by atoms with Crippen molar-refractivity contribution in [3.63, 3.8) is 0 Å². The van der Waals surface area contributed by atoms with Crippen LogP contribution in [-0.4, -0.2) is 46.9 Å². The molecule has 0 aromatic heterocycles. The minimum absolute atomic E-state index is 0.163. The third kappa shape index (κ3) is 14.0. The Bertz CT molecular complexity index is 411. The molecule has 29 heavy (non-hydrogen) atoms. The standard InChI is InChI=1S/C22H49N5O2/c1-5-9-11-18(7-3)13-21(23,24)16-27(15-20(28)29)17-22(25,26)14-19(8-4)12-10-6-2/h18-19H,5-17,23-26H2,1-4H3,(H,28,29). The molecule has 0 aliphatic heterocycles. The van der Waals surface area contributed by atoms with E-state index in [1.165, 1.54) is 0 Å². The normalized spacial score (nSPS) is 14.9. The third-order valence-electron chi connectivity index (χ3n) is 5.82. The molecule has 0 aliphatic carbocycles. The van der Waals surface area contributed by atoms with E-state index in [-0.39, 0.29) is 19.6 Å². The topological polar surface area (TPSA) is 145 Å². The number of nitrogens with zero attached hydrogens (tertiary/aromatic N) is 1. The number of carboxylic acids is 1. The van der Waals surface area contributed by atoms with E-state index >= 15 is 0 Å². The van der Waals surface area contributed by atoms with Crippen molar-refractivity contribution in [3.8, 4) is 0 Å².